The first-order valence-electron chi connectivity index (χ1n) is 13.9. The minimum absolute atomic E-state index is 0.0847. The highest BCUT2D eigenvalue weighted by molar-refractivity contribution is 7.91. The SMILES string of the molecule is CC1(O)CCC(Nc2cc(Nc3ccnc(-c4cnn(S(=O)(=O)C5CC5)c4)n3)ncc2-c2cc(S(C)(=O)=O)ccn2)CC1. The Morgan fingerprint density at radius 3 is 2.42 bits per heavy atom. The molecule has 43 heavy (non-hydrogen) atoms. The number of aromatic nitrogens is 6. The van der Waals surface area contributed by atoms with Crippen molar-refractivity contribution in [1.82, 2.24) is 29.1 Å². The second kappa shape index (κ2) is 11.0. The minimum Gasteiger partial charge on any atom is -0.390 e. The third-order valence-electron chi connectivity index (χ3n) is 7.70. The highest BCUT2D eigenvalue weighted by Gasteiger charge is 2.37. The second-order valence-electron chi connectivity index (χ2n) is 11.4. The van der Waals surface area contributed by atoms with Crippen LogP contribution in [0.4, 0.5) is 17.3 Å². The van der Waals surface area contributed by atoms with Crippen LogP contribution >= 0.6 is 0 Å². The fraction of sp³-hybridized carbons (Fsp3) is 0.393. The molecule has 0 radical (unpaired) electrons. The van der Waals surface area contributed by atoms with E-state index >= 15 is 0 Å². The molecule has 0 atom stereocenters. The smallest absolute Gasteiger partial charge is 0.256 e. The van der Waals surface area contributed by atoms with Gasteiger partial charge < -0.3 is 15.7 Å². The molecule has 2 aliphatic rings. The average molecular weight is 625 g/mol. The predicted molar refractivity (Wildman–Crippen MR) is 161 cm³/mol. The lowest BCUT2D eigenvalue weighted by molar-refractivity contribution is 0.0196. The molecular weight excluding hydrogens is 592 g/mol. The zero-order chi connectivity index (χ0) is 30.4. The molecule has 6 rings (SSSR count). The van der Waals surface area contributed by atoms with Gasteiger partial charge in [-0.2, -0.15) is 9.19 Å². The van der Waals surface area contributed by atoms with E-state index in [1.54, 1.807) is 24.5 Å². The van der Waals surface area contributed by atoms with Crippen LogP contribution in [-0.2, 0) is 19.9 Å². The third-order valence-corrected chi connectivity index (χ3v) is 10.8. The summed E-state index contributed by atoms with van der Waals surface area (Å²) in [6.07, 6.45) is 12.7. The fourth-order valence-corrected chi connectivity index (χ4v) is 7.13. The molecule has 0 spiro atoms. The minimum atomic E-state index is -3.51. The Balaban J connectivity index is 1.29. The number of aliphatic hydroxyl groups is 1. The van der Waals surface area contributed by atoms with Gasteiger partial charge in [0.15, 0.2) is 15.7 Å². The first-order chi connectivity index (χ1) is 20.4. The summed E-state index contributed by atoms with van der Waals surface area (Å²) in [5, 5.41) is 20.8. The van der Waals surface area contributed by atoms with E-state index in [4.69, 9.17) is 0 Å². The molecule has 0 unspecified atom stereocenters. The normalized spacial score (nSPS) is 21.0. The maximum atomic E-state index is 12.5. The second-order valence-corrected chi connectivity index (χ2v) is 15.5. The highest BCUT2D eigenvalue weighted by atomic mass is 32.2. The van der Waals surface area contributed by atoms with Crippen molar-refractivity contribution in [3.8, 4) is 22.6 Å². The first-order valence-corrected chi connectivity index (χ1v) is 17.3. The topological polar surface area (TPSA) is 182 Å². The van der Waals surface area contributed by atoms with Gasteiger partial charge in [-0.3, -0.25) is 4.98 Å². The van der Waals surface area contributed by atoms with Gasteiger partial charge >= 0.3 is 0 Å². The Labute approximate surface area is 249 Å². The molecule has 0 aliphatic heterocycles. The Bertz CT molecular complexity index is 1880. The molecule has 0 aromatic carbocycles. The van der Waals surface area contributed by atoms with Gasteiger partial charge in [-0.15, -0.1) is 0 Å². The Hall–Kier alpha value is -3.95. The van der Waals surface area contributed by atoms with Crippen molar-refractivity contribution < 1.29 is 21.9 Å². The molecule has 13 nitrogen and oxygen atoms in total. The molecule has 4 aromatic heterocycles. The van der Waals surface area contributed by atoms with Crippen LogP contribution in [0.2, 0.25) is 0 Å². The van der Waals surface area contributed by atoms with Gasteiger partial charge in [0.2, 0.25) is 0 Å². The van der Waals surface area contributed by atoms with E-state index in [1.165, 1.54) is 30.7 Å². The van der Waals surface area contributed by atoms with E-state index in [-0.39, 0.29) is 10.9 Å². The number of nitrogens with one attached hydrogen (secondary N) is 2. The van der Waals surface area contributed by atoms with E-state index in [1.807, 2.05) is 6.92 Å². The Kier molecular flexibility index (Phi) is 7.42. The zero-order valence-electron chi connectivity index (χ0n) is 23.7. The largest absolute Gasteiger partial charge is 0.390 e. The molecule has 0 saturated heterocycles. The molecular formula is C28H32N8O5S2. The molecule has 0 bridgehead atoms. The third kappa shape index (κ3) is 6.53. The monoisotopic (exact) mass is 624 g/mol. The molecule has 2 saturated carbocycles. The number of nitrogens with zero attached hydrogens (tertiary/aromatic N) is 6. The van der Waals surface area contributed by atoms with Gasteiger partial charge in [0.05, 0.1) is 39.4 Å². The molecule has 4 heterocycles. The first kappa shape index (κ1) is 29.1. The van der Waals surface area contributed by atoms with Crippen LogP contribution in [0.1, 0.15) is 45.4 Å². The van der Waals surface area contributed by atoms with Gasteiger partial charge in [-0.25, -0.2) is 31.8 Å². The van der Waals surface area contributed by atoms with Crippen molar-refractivity contribution in [1.29, 1.82) is 0 Å². The van der Waals surface area contributed by atoms with Gasteiger partial charge in [-0.05, 0) is 63.6 Å². The Morgan fingerprint density at radius 2 is 1.70 bits per heavy atom. The van der Waals surface area contributed by atoms with Crippen molar-refractivity contribution in [2.24, 2.45) is 0 Å². The van der Waals surface area contributed by atoms with E-state index in [0.717, 1.165) is 23.2 Å². The molecule has 226 valence electrons. The standard InChI is InChI=1S/C28H32N8O5S2/c1-28(37)9-5-19(6-10-28)33-24-14-26(31-16-22(24)23-13-21(7-11-29-23)42(2,38)39)34-25-8-12-30-27(35-25)18-15-32-36(17-18)43(40,41)20-3-4-20/h7-8,11-17,19-20,37H,3-6,9-10H2,1-2H3,(H2,30,31,33,34,35). The van der Waals surface area contributed by atoms with E-state index in [0.29, 0.717) is 65.7 Å². The van der Waals surface area contributed by atoms with Crippen LogP contribution in [0.5, 0.6) is 0 Å². The van der Waals surface area contributed by atoms with Crippen LogP contribution in [0.15, 0.2) is 60.1 Å². The Morgan fingerprint density at radius 1 is 0.953 bits per heavy atom. The zero-order valence-corrected chi connectivity index (χ0v) is 25.3. The summed E-state index contributed by atoms with van der Waals surface area (Å²) in [5.41, 5.74) is 1.54. The molecule has 2 aliphatic carbocycles. The maximum Gasteiger partial charge on any atom is 0.256 e. The highest BCUT2D eigenvalue weighted by Crippen LogP contribution is 2.35. The van der Waals surface area contributed by atoms with Gasteiger partial charge in [0.25, 0.3) is 10.0 Å². The number of sulfone groups is 1. The number of hydrogen-bond acceptors (Lipinski definition) is 12. The summed E-state index contributed by atoms with van der Waals surface area (Å²) in [5.74, 6) is 1.19. The number of rotatable bonds is 9. The van der Waals surface area contributed by atoms with E-state index in [2.05, 4.69) is 35.7 Å². The van der Waals surface area contributed by atoms with Gasteiger partial charge in [0, 0.05) is 48.2 Å². The van der Waals surface area contributed by atoms with Crippen LogP contribution in [0.25, 0.3) is 22.6 Å². The van der Waals surface area contributed by atoms with Crippen LogP contribution in [0, 0.1) is 0 Å². The predicted octanol–water partition coefficient (Wildman–Crippen LogP) is 3.39. The van der Waals surface area contributed by atoms with Crippen molar-refractivity contribution >= 4 is 37.2 Å². The lowest BCUT2D eigenvalue weighted by Crippen LogP contribution is -2.35. The van der Waals surface area contributed by atoms with Crippen molar-refractivity contribution in [3.63, 3.8) is 0 Å². The summed E-state index contributed by atoms with van der Waals surface area (Å²) in [6, 6.07) is 6.53. The molecule has 2 fully saturated rings. The molecule has 15 heteroatoms. The number of pyridine rings is 2. The van der Waals surface area contributed by atoms with Gasteiger partial charge in [0.1, 0.15) is 11.6 Å². The van der Waals surface area contributed by atoms with Crippen molar-refractivity contribution in [3.05, 3.63) is 55.2 Å². The molecule has 0 amide bonds. The lowest BCUT2D eigenvalue weighted by Gasteiger charge is -2.34. The maximum absolute atomic E-state index is 12.5. The van der Waals surface area contributed by atoms with Crippen LogP contribution in [0.3, 0.4) is 0 Å². The average Bonchev–Trinajstić information content (AvgIpc) is 3.71. The van der Waals surface area contributed by atoms with Crippen molar-refractivity contribution in [2.75, 3.05) is 16.9 Å². The lowest BCUT2D eigenvalue weighted by atomic mass is 9.83. The summed E-state index contributed by atoms with van der Waals surface area (Å²) in [7, 11) is -6.95. The quantitative estimate of drug-likeness (QED) is 0.247. The molecule has 4 aromatic rings. The van der Waals surface area contributed by atoms with E-state index < -0.39 is 30.7 Å². The van der Waals surface area contributed by atoms with E-state index in [9.17, 15) is 21.9 Å². The molecule has 3 N–H and O–H groups in total. The van der Waals surface area contributed by atoms with Crippen LogP contribution in [-0.4, -0.2) is 74.2 Å². The number of anilines is 3. The fourth-order valence-electron chi connectivity index (χ4n) is 5.02. The van der Waals surface area contributed by atoms with Crippen LogP contribution < -0.4 is 10.6 Å². The number of hydrogen-bond donors (Lipinski definition) is 3. The summed E-state index contributed by atoms with van der Waals surface area (Å²) < 4.78 is 50.5. The van der Waals surface area contributed by atoms with Crippen molar-refractivity contribution in [2.45, 2.75) is 67.2 Å². The summed E-state index contributed by atoms with van der Waals surface area (Å²) in [4.78, 5) is 17.9. The summed E-state index contributed by atoms with van der Waals surface area (Å²) in [6.45, 7) is 1.84. The summed E-state index contributed by atoms with van der Waals surface area (Å²) >= 11 is 0. The van der Waals surface area contributed by atoms with Gasteiger partial charge in [-0.1, -0.05) is 0 Å².